The summed E-state index contributed by atoms with van der Waals surface area (Å²) in [6, 6.07) is 12.4. The Labute approximate surface area is 152 Å². The van der Waals surface area contributed by atoms with Gasteiger partial charge in [-0.2, -0.15) is 0 Å². The summed E-state index contributed by atoms with van der Waals surface area (Å²) in [5, 5.41) is 3.69. The topological polar surface area (TPSA) is 52.7 Å². The smallest absolute Gasteiger partial charge is 0.256 e. The van der Waals surface area contributed by atoms with Crippen molar-refractivity contribution in [3.05, 3.63) is 53.1 Å². The van der Waals surface area contributed by atoms with Gasteiger partial charge in [0, 0.05) is 30.5 Å². The fraction of sp³-hybridized carbons (Fsp3) is 0.263. The van der Waals surface area contributed by atoms with E-state index in [2.05, 4.69) is 5.32 Å². The molecule has 1 heterocycles. The number of rotatable bonds is 4. The van der Waals surface area contributed by atoms with E-state index in [-0.39, 0.29) is 18.2 Å². The highest BCUT2D eigenvalue weighted by atomic mass is 35.5. The van der Waals surface area contributed by atoms with Gasteiger partial charge in [0.15, 0.2) is 0 Å². The lowest BCUT2D eigenvalue weighted by Gasteiger charge is -2.19. The Morgan fingerprint density at radius 1 is 1.12 bits per heavy atom. The molecule has 1 saturated heterocycles. The molecule has 2 amide bonds. The van der Waals surface area contributed by atoms with Gasteiger partial charge in [0.05, 0.1) is 12.1 Å². The van der Waals surface area contributed by atoms with Crippen LogP contribution < -0.4 is 15.1 Å². The Morgan fingerprint density at radius 3 is 2.44 bits per heavy atom. The van der Waals surface area contributed by atoms with Crippen LogP contribution >= 0.6 is 11.6 Å². The molecule has 1 fully saturated rings. The highest BCUT2D eigenvalue weighted by molar-refractivity contribution is 6.32. The maximum atomic E-state index is 12.8. The fourth-order valence-corrected chi connectivity index (χ4v) is 3.06. The zero-order valence-electron chi connectivity index (χ0n) is 14.4. The van der Waals surface area contributed by atoms with Crippen LogP contribution in [-0.2, 0) is 9.59 Å². The van der Waals surface area contributed by atoms with E-state index in [1.165, 1.54) is 4.90 Å². The monoisotopic (exact) mass is 357 g/mol. The lowest BCUT2D eigenvalue weighted by atomic mass is 10.2. The third-order valence-electron chi connectivity index (χ3n) is 4.35. The van der Waals surface area contributed by atoms with E-state index in [9.17, 15) is 9.59 Å². The van der Waals surface area contributed by atoms with Gasteiger partial charge in [-0.25, -0.2) is 4.90 Å². The largest absolute Gasteiger partial charge is 0.378 e. The van der Waals surface area contributed by atoms with Gasteiger partial charge in [0.2, 0.25) is 5.91 Å². The summed E-state index contributed by atoms with van der Waals surface area (Å²) < 4.78 is 0. The number of nitrogens with zero attached hydrogens (tertiary/aromatic N) is 2. The van der Waals surface area contributed by atoms with Crippen LogP contribution in [-0.4, -0.2) is 32.0 Å². The molecule has 0 aliphatic carbocycles. The van der Waals surface area contributed by atoms with Crippen molar-refractivity contribution in [3.63, 3.8) is 0 Å². The first kappa shape index (κ1) is 17.3. The highest BCUT2D eigenvalue weighted by Gasteiger charge is 2.40. The first-order chi connectivity index (χ1) is 11.9. The molecule has 0 radical (unpaired) electrons. The lowest BCUT2D eigenvalue weighted by molar-refractivity contribution is -0.121. The van der Waals surface area contributed by atoms with Gasteiger partial charge in [-0.15, -0.1) is 0 Å². The molecule has 1 aliphatic heterocycles. The average molecular weight is 358 g/mol. The summed E-state index contributed by atoms with van der Waals surface area (Å²) in [5.74, 6) is -0.482. The van der Waals surface area contributed by atoms with E-state index >= 15 is 0 Å². The van der Waals surface area contributed by atoms with E-state index in [1.54, 1.807) is 25.1 Å². The van der Waals surface area contributed by atoms with E-state index in [1.807, 2.05) is 43.3 Å². The second-order valence-corrected chi connectivity index (χ2v) is 6.70. The predicted octanol–water partition coefficient (Wildman–Crippen LogP) is 3.46. The molecule has 5 nitrogen and oxygen atoms in total. The summed E-state index contributed by atoms with van der Waals surface area (Å²) in [5.41, 5.74) is 3.15. The van der Waals surface area contributed by atoms with E-state index < -0.39 is 6.04 Å². The van der Waals surface area contributed by atoms with Gasteiger partial charge >= 0.3 is 0 Å². The number of hydrogen-bond acceptors (Lipinski definition) is 4. The minimum atomic E-state index is -0.573. The van der Waals surface area contributed by atoms with Crippen molar-refractivity contribution in [2.24, 2.45) is 0 Å². The third kappa shape index (κ3) is 3.33. The van der Waals surface area contributed by atoms with Crippen molar-refractivity contribution < 1.29 is 9.59 Å². The summed E-state index contributed by atoms with van der Waals surface area (Å²) >= 11 is 6.13. The van der Waals surface area contributed by atoms with Crippen LogP contribution in [0.25, 0.3) is 0 Å². The molecule has 0 bridgehead atoms. The van der Waals surface area contributed by atoms with Crippen LogP contribution in [0.4, 0.5) is 17.1 Å². The molecular formula is C19H20ClN3O2. The normalized spacial score (nSPS) is 17.1. The number of hydrogen-bond donors (Lipinski definition) is 1. The second-order valence-electron chi connectivity index (χ2n) is 6.29. The Hall–Kier alpha value is -2.53. The fourth-order valence-electron chi connectivity index (χ4n) is 2.89. The van der Waals surface area contributed by atoms with Gasteiger partial charge in [-0.3, -0.25) is 9.59 Å². The number of benzene rings is 2. The molecule has 130 valence electrons. The summed E-state index contributed by atoms with van der Waals surface area (Å²) in [4.78, 5) is 28.4. The number of carbonyl (C=O) groups is 2. The molecule has 2 aromatic carbocycles. The van der Waals surface area contributed by atoms with Crippen LogP contribution in [0.3, 0.4) is 0 Å². The standard InChI is InChI=1S/C19H20ClN3O2/c1-12-15(20)5-4-6-17(12)23-18(24)11-16(19(23)25)21-13-7-9-14(10-8-13)22(2)3/h4-10,16,21H,11H2,1-3H3/t16-/m1/s1. The molecule has 3 rings (SSSR count). The summed E-state index contributed by atoms with van der Waals surface area (Å²) in [6.45, 7) is 1.80. The summed E-state index contributed by atoms with van der Waals surface area (Å²) in [7, 11) is 3.93. The van der Waals surface area contributed by atoms with Crippen molar-refractivity contribution in [1.29, 1.82) is 0 Å². The average Bonchev–Trinajstić information content (AvgIpc) is 2.85. The van der Waals surface area contributed by atoms with Gasteiger partial charge in [0.25, 0.3) is 5.91 Å². The quantitative estimate of drug-likeness (QED) is 0.851. The molecule has 1 aliphatic rings. The molecule has 2 aromatic rings. The van der Waals surface area contributed by atoms with Crippen molar-refractivity contribution in [2.75, 3.05) is 29.2 Å². The van der Waals surface area contributed by atoms with Crippen molar-refractivity contribution in [2.45, 2.75) is 19.4 Å². The van der Waals surface area contributed by atoms with E-state index in [4.69, 9.17) is 11.6 Å². The van der Waals surface area contributed by atoms with Gasteiger partial charge in [-0.05, 0) is 48.9 Å². The minimum absolute atomic E-state index is 0.125. The Kier molecular flexibility index (Phi) is 4.68. The van der Waals surface area contributed by atoms with Crippen molar-refractivity contribution in [3.8, 4) is 0 Å². The second kappa shape index (κ2) is 6.76. The predicted molar refractivity (Wildman–Crippen MR) is 101 cm³/mol. The maximum absolute atomic E-state index is 12.8. The number of halogens is 1. The molecule has 1 atom stereocenters. The number of amides is 2. The molecule has 25 heavy (non-hydrogen) atoms. The van der Waals surface area contributed by atoms with Gasteiger partial charge in [0.1, 0.15) is 6.04 Å². The Bertz CT molecular complexity index is 818. The molecule has 6 heteroatoms. The third-order valence-corrected chi connectivity index (χ3v) is 4.76. The lowest BCUT2D eigenvalue weighted by Crippen LogP contribution is -2.35. The molecule has 0 saturated carbocycles. The highest BCUT2D eigenvalue weighted by Crippen LogP contribution is 2.31. The van der Waals surface area contributed by atoms with Crippen LogP contribution in [0.15, 0.2) is 42.5 Å². The van der Waals surface area contributed by atoms with Crippen LogP contribution in [0.1, 0.15) is 12.0 Å². The Balaban J connectivity index is 1.80. The van der Waals surface area contributed by atoms with Crippen LogP contribution in [0, 0.1) is 6.92 Å². The number of imide groups is 1. The van der Waals surface area contributed by atoms with Gasteiger partial charge in [-0.1, -0.05) is 17.7 Å². The first-order valence-electron chi connectivity index (χ1n) is 8.04. The molecule has 0 unspecified atom stereocenters. The van der Waals surface area contributed by atoms with Crippen LogP contribution in [0.5, 0.6) is 0 Å². The molecular weight excluding hydrogens is 338 g/mol. The molecule has 0 aromatic heterocycles. The number of nitrogens with one attached hydrogen (secondary N) is 1. The SMILES string of the molecule is Cc1c(Cl)cccc1N1C(=O)C[C@@H](Nc2ccc(N(C)C)cc2)C1=O. The number of anilines is 3. The van der Waals surface area contributed by atoms with E-state index in [0.717, 1.165) is 16.9 Å². The van der Waals surface area contributed by atoms with Crippen LogP contribution in [0.2, 0.25) is 5.02 Å². The van der Waals surface area contributed by atoms with E-state index in [0.29, 0.717) is 10.7 Å². The van der Waals surface area contributed by atoms with Crippen molar-refractivity contribution in [1.82, 2.24) is 0 Å². The first-order valence-corrected chi connectivity index (χ1v) is 8.42. The zero-order chi connectivity index (χ0) is 18.1. The Morgan fingerprint density at radius 2 is 1.80 bits per heavy atom. The van der Waals surface area contributed by atoms with Gasteiger partial charge < -0.3 is 10.2 Å². The molecule has 1 N–H and O–H groups in total. The number of carbonyl (C=O) groups excluding carboxylic acids is 2. The maximum Gasteiger partial charge on any atom is 0.256 e. The zero-order valence-corrected chi connectivity index (χ0v) is 15.2. The van der Waals surface area contributed by atoms with Crippen molar-refractivity contribution >= 4 is 40.5 Å². The molecule has 0 spiro atoms. The minimum Gasteiger partial charge on any atom is -0.378 e. The summed E-state index contributed by atoms with van der Waals surface area (Å²) in [6.07, 6.45) is 0.125.